The van der Waals surface area contributed by atoms with Crippen molar-refractivity contribution in [1.29, 1.82) is 0 Å². The molecule has 2 nitrogen and oxygen atoms in total. The van der Waals surface area contributed by atoms with E-state index in [0.29, 0.717) is 10.0 Å². The lowest BCUT2D eigenvalue weighted by molar-refractivity contribution is 1.32. The zero-order chi connectivity index (χ0) is 37.8. The minimum Gasteiger partial charge on any atom is -0.256 e. The molecular formula is C52H34Cl2N2. The Morgan fingerprint density at radius 2 is 0.536 bits per heavy atom. The first-order chi connectivity index (χ1) is 27.6. The summed E-state index contributed by atoms with van der Waals surface area (Å²) in [6, 6.07) is 66.6. The monoisotopic (exact) mass is 756 g/mol. The van der Waals surface area contributed by atoms with E-state index >= 15 is 0 Å². The highest BCUT2D eigenvalue weighted by molar-refractivity contribution is 6.38. The fraction of sp³-hybridized carbons (Fsp3) is 0. The first kappa shape index (κ1) is 35.1. The third-order valence-corrected chi connectivity index (χ3v) is 11.0. The highest BCUT2D eigenvalue weighted by Crippen LogP contribution is 2.46. The molecule has 2 heterocycles. The molecule has 0 radical (unpaired) electrons. The van der Waals surface area contributed by atoms with Gasteiger partial charge in [-0.15, -0.1) is 0 Å². The maximum atomic E-state index is 7.48. The fourth-order valence-corrected chi connectivity index (χ4v) is 8.17. The summed E-state index contributed by atoms with van der Waals surface area (Å²) in [7, 11) is 0. The molecule has 0 saturated heterocycles. The van der Waals surface area contributed by atoms with Crippen LogP contribution in [0.1, 0.15) is 0 Å². The van der Waals surface area contributed by atoms with Gasteiger partial charge in [0.25, 0.3) is 0 Å². The Labute approximate surface area is 337 Å². The van der Waals surface area contributed by atoms with Crippen LogP contribution in [0.3, 0.4) is 0 Å². The predicted molar refractivity (Wildman–Crippen MR) is 236 cm³/mol. The molecule has 0 amide bonds. The molecule has 7 aromatic carbocycles. The van der Waals surface area contributed by atoms with Crippen LogP contribution in [0.15, 0.2) is 207 Å². The molecule has 0 fully saturated rings. The van der Waals surface area contributed by atoms with E-state index < -0.39 is 0 Å². The second-order valence-electron chi connectivity index (χ2n) is 13.6. The molecule has 266 valence electrons. The average Bonchev–Trinajstić information content (AvgIpc) is 3.27. The van der Waals surface area contributed by atoms with E-state index in [1.165, 1.54) is 0 Å². The second-order valence-corrected chi connectivity index (χ2v) is 14.3. The van der Waals surface area contributed by atoms with Crippen molar-refractivity contribution in [2.45, 2.75) is 0 Å². The quantitative estimate of drug-likeness (QED) is 0.154. The van der Waals surface area contributed by atoms with Gasteiger partial charge in [0.15, 0.2) is 0 Å². The van der Waals surface area contributed by atoms with Crippen LogP contribution >= 0.6 is 23.2 Å². The maximum Gasteiger partial charge on any atom is 0.0714 e. The summed E-state index contributed by atoms with van der Waals surface area (Å²) in [5, 5.41) is 1.32. The SMILES string of the molecule is Clc1c(-c2ccccc2-c2cc(-c3ccccc3)ccn2)cccc1-c1ccccc1-c1cccc(-c2ccccc2-c2cc(-c3ccccc3)ccn2)c1Cl. The van der Waals surface area contributed by atoms with E-state index in [0.717, 1.165) is 89.3 Å². The van der Waals surface area contributed by atoms with Crippen molar-refractivity contribution < 1.29 is 0 Å². The standard InChI is InChI=1S/C52H34Cl2N2/c53-51-45(25-13-27-47(51)41-21-9-11-23-43(41)49-33-37(29-31-55-49)35-15-3-1-4-16-35)39-19-7-8-20-40(39)46-26-14-28-48(52(46)54)42-22-10-12-24-44(42)50-34-38(30-32-56-50)36-17-5-2-6-18-36/h1-34H. The fourth-order valence-electron chi connectivity index (χ4n) is 7.51. The molecule has 0 bridgehead atoms. The Morgan fingerprint density at radius 3 is 0.893 bits per heavy atom. The molecule has 4 heteroatoms. The molecule has 0 aliphatic rings. The summed E-state index contributed by atoms with van der Waals surface area (Å²) < 4.78 is 0. The lowest BCUT2D eigenvalue weighted by Gasteiger charge is -2.18. The lowest BCUT2D eigenvalue weighted by Crippen LogP contribution is -1.93. The number of nitrogens with zero attached hydrogens (tertiary/aromatic N) is 2. The summed E-state index contributed by atoms with van der Waals surface area (Å²) in [6.45, 7) is 0. The minimum absolute atomic E-state index is 0.661. The van der Waals surface area contributed by atoms with Crippen LogP contribution in [-0.4, -0.2) is 9.97 Å². The Bertz CT molecular complexity index is 2640. The molecule has 0 aliphatic carbocycles. The summed E-state index contributed by atoms with van der Waals surface area (Å²) in [6.07, 6.45) is 3.74. The Hall–Kier alpha value is -6.58. The van der Waals surface area contributed by atoms with Gasteiger partial charge in [-0.1, -0.05) is 193 Å². The maximum absolute atomic E-state index is 7.48. The van der Waals surface area contributed by atoms with Crippen LogP contribution < -0.4 is 0 Å². The number of halogens is 2. The van der Waals surface area contributed by atoms with Crippen LogP contribution in [0.2, 0.25) is 10.0 Å². The predicted octanol–water partition coefficient (Wildman–Crippen LogP) is 15.1. The number of hydrogen-bond acceptors (Lipinski definition) is 2. The van der Waals surface area contributed by atoms with Gasteiger partial charge in [0.1, 0.15) is 0 Å². The van der Waals surface area contributed by atoms with E-state index in [1.807, 2.05) is 73.1 Å². The smallest absolute Gasteiger partial charge is 0.0714 e. The van der Waals surface area contributed by atoms with Gasteiger partial charge >= 0.3 is 0 Å². The number of aromatic nitrogens is 2. The lowest BCUT2D eigenvalue weighted by atomic mass is 9.89. The molecule has 9 rings (SSSR count). The minimum atomic E-state index is 0.661. The van der Waals surface area contributed by atoms with E-state index in [4.69, 9.17) is 33.2 Å². The Balaban J connectivity index is 1.12. The molecule has 0 atom stereocenters. The third kappa shape index (κ3) is 6.82. The number of pyridine rings is 2. The van der Waals surface area contributed by atoms with E-state index in [1.54, 1.807) is 0 Å². The third-order valence-electron chi connectivity index (χ3n) is 10.2. The summed E-state index contributed by atoms with van der Waals surface area (Å²) in [5.74, 6) is 0. The van der Waals surface area contributed by atoms with Gasteiger partial charge in [0.2, 0.25) is 0 Å². The largest absolute Gasteiger partial charge is 0.256 e. The van der Waals surface area contributed by atoms with Gasteiger partial charge in [-0.2, -0.15) is 0 Å². The van der Waals surface area contributed by atoms with Gasteiger partial charge in [0.05, 0.1) is 21.4 Å². The molecule has 9 aromatic rings. The zero-order valence-corrected chi connectivity index (χ0v) is 31.8. The van der Waals surface area contributed by atoms with Crippen molar-refractivity contribution in [2.75, 3.05) is 0 Å². The van der Waals surface area contributed by atoms with Crippen LogP contribution in [0.5, 0.6) is 0 Å². The van der Waals surface area contributed by atoms with Gasteiger partial charge in [-0.05, 0) is 68.8 Å². The topological polar surface area (TPSA) is 25.8 Å². The van der Waals surface area contributed by atoms with E-state index in [9.17, 15) is 0 Å². The van der Waals surface area contributed by atoms with Crippen molar-refractivity contribution >= 4 is 23.2 Å². The molecule has 56 heavy (non-hydrogen) atoms. The molecule has 0 aliphatic heterocycles. The van der Waals surface area contributed by atoms with Crippen molar-refractivity contribution in [3.8, 4) is 89.3 Å². The summed E-state index contributed by atoms with van der Waals surface area (Å²) in [5.41, 5.74) is 16.0. The molecule has 0 spiro atoms. The first-order valence-corrected chi connectivity index (χ1v) is 19.3. The van der Waals surface area contributed by atoms with E-state index in [-0.39, 0.29) is 0 Å². The number of benzene rings is 7. The van der Waals surface area contributed by atoms with Crippen molar-refractivity contribution in [3.05, 3.63) is 217 Å². The molecule has 2 aromatic heterocycles. The molecular weight excluding hydrogens is 723 g/mol. The number of rotatable bonds is 8. The van der Waals surface area contributed by atoms with Crippen molar-refractivity contribution in [1.82, 2.24) is 9.97 Å². The van der Waals surface area contributed by atoms with Crippen LogP contribution in [0.4, 0.5) is 0 Å². The van der Waals surface area contributed by atoms with Crippen molar-refractivity contribution in [2.24, 2.45) is 0 Å². The first-order valence-electron chi connectivity index (χ1n) is 18.5. The average molecular weight is 758 g/mol. The van der Waals surface area contributed by atoms with Gasteiger partial charge in [-0.3, -0.25) is 9.97 Å². The molecule has 0 saturated carbocycles. The van der Waals surface area contributed by atoms with Crippen molar-refractivity contribution in [3.63, 3.8) is 0 Å². The van der Waals surface area contributed by atoms with Gasteiger partial charge in [0, 0.05) is 45.8 Å². The Morgan fingerprint density at radius 1 is 0.250 bits per heavy atom. The second kappa shape index (κ2) is 15.6. The Kier molecular flexibility index (Phi) is 9.82. The summed E-state index contributed by atoms with van der Waals surface area (Å²) in [4.78, 5) is 9.62. The zero-order valence-electron chi connectivity index (χ0n) is 30.3. The van der Waals surface area contributed by atoms with Crippen LogP contribution in [-0.2, 0) is 0 Å². The van der Waals surface area contributed by atoms with E-state index in [2.05, 4.69) is 133 Å². The normalized spacial score (nSPS) is 11.0. The highest BCUT2D eigenvalue weighted by atomic mass is 35.5. The number of hydrogen-bond donors (Lipinski definition) is 0. The molecule has 0 N–H and O–H groups in total. The van der Waals surface area contributed by atoms with Gasteiger partial charge in [-0.25, -0.2) is 0 Å². The van der Waals surface area contributed by atoms with Crippen LogP contribution in [0, 0.1) is 0 Å². The highest BCUT2D eigenvalue weighted by Gasteiger charge is 2.20. The van der Waals surface area contributed by atoms with Crippen LogP contribution in [0.25, 0.3) is 89.3 Å². The summed E-state index contributed by atoms with van der Waals surface area (Å²) >= 11 is 15.0. The van der Waals surface area contributed by atoms with Gasteiger partial charge < -0.3 is 0 Å². The molecule has 0 unspecified atom stereocenters.